The lowest BCUT2D eigenvalue weighted by molar-refractivity contribution is 0.0493. The van der Waals surface area contributed by atoms with Crippen molar-refractivity contribution in [2.45, 2.75) is 44.2 Å². The highest BCUT2D eigenvalue weighted by Gasteiger charge is 2.48. The molecule has 2 rings (SSSR count). The molecule has 15 heavy (non-hydrogen) atoms. The summed E-state index contributed by atoms with van der Waals surface area (Å²) in [4.78, 5) is 2.62. The Morgan fingerprint density at radius 3 is 2.40 bits per heavy atom. The molecule has 0 aromatic heterocycles. The maximum absolute atomic E-state index is 6.00. The molecule has 0 aromatic rings. The second-order valence-electron chi connectivity index (χ2n) is 5.25. The predicted molar refractivity (Wildman–Crippen MR) is 61.8 cm³/mol. The van der Waals surface area contributed by atoms with Gasteiger partial charge in [-0.1, -0.05) is 0 Å². The maximum Gasteiger partial charge on any atom is 0.0590 e. The zero-order valence-corrected chi connectivity index (χ0v) is 10.0. The third-order valence-electron chi connectivity index (χ3n) is 4.05. The molecule has 1 atom stereocenters. The Balaban J connectivity index is 1.99. The second-order valence-corrected chi connectivity index (χ2v) is 5.25. The van der Waals surface area contributed by atoms with E-state index in [-0.39, 0.29) is 5.54 Å². The van der Waals surface area contributed by atoms with Crippen LogP contribution in [0.15, 0.2) is 0 Å². The smallest absolute Gasteiger partial charge is 0.0590 e. The van der Waals surface area contributed by atoms with Gasteiger partial charge in [0.1, 0.15) is 0 Å². The second kappa shape index (κ2) is 4.40. The number of ether oxygens (including phenoxy) is 1. The number of methoxy groups -OCH3 is 1. The van der Waals surface area contributed by atoms with Crippen molar-refractivity contribution in [3.63, 3.8) is 0 Å². The molecule has 2 saturated carbocycles. The number of rotatable bonds is 7. The highest BCUT2D eigenvalue weighted by Crippen LogP contribution is 2.46. The SMILES string of the molecule is COCCN(C1CC1)C(C)(CN)C1CC1. The minimum Gasteiger partial charge on any atom is -0.383 e. The van der Waals surface area contributed by atoms with Crippen LogP contribution in [-0.4, -0.2) is 43.3 Å². The van der Waals surface area contributed by atoms with Crippen LogP contribution in [0.1, 0.15) is 32.6 Å². The fourth-order valence-corrected chi connectivity index (χ4v) is 2.65. The van der Waals surface area contributed by atoms with Crippen LogP contribution < -0.4 is 5.73 Å². The van der Waals surface area contributed by atoms with E-state index in [0.29, 0.717) is 0 Å². The summed E-state index contributed by atoms with van der Waals surface area (Å²) < 4.78 is 5.21. The lowest BCUT2D eigenvalue weighted by Crippen LogP contribution is -2.55. The van der Waals surface area contributed by atoms with Gasteiger partial charge in [0.2, 0.25) is 0 Å². The summed E-state index contributed by atoms with van der Waals surface area (Å²) in [5.41, 5.74) is 6.24. The molecule has 0 heterocycles. The van der Waals surface area contributed by atoms with Crippen LogP contribution in [0.4, 0.5) is 0 Å². The first-order chi connectivity index (χ1) is 7.22. The van der Waals surface area contributed by atoms with Crippen LogP contribution in [-0.2, 0) is 4.74 Å². The van der Waals surface area contributed by atoms with E-state index >= 15 is 0 Å². The molecule has 2 fully saturated rings. The summed E-state index contributed by atoms with van der Waals surface area (Å²) in [6.07, 6.45) is 5.44. The van der Waals surface area contributed by atoms with Gasteiger partial charge in [-0.25, -0.2) is 0 Å². The van der Waals surface area contributed by atoms with Crippen molar-refractivity contribution in [2.75, 3.05) is 26.8 Å². The molecule has 1 unspecified atom stereocenters. The molecule has 0 spiro atoms. The Labute approximate surface area is 93.0 Å². The molecule has 0 saturated heterocycles. The van der Waals surface area contributed by atoms with Crippen molar-refractivity contribution in [2.24, 2.45) is 11.7 Å². The van der Waals surface area contributed by atoms with Crippen molar-refractivity contribution >= 4 is 0 Å². The Hall–Kier alpha value is -0.120. The topological polar surface area (TPSA) is 38.5 Å². The van der Waals surface area contributed by atoms with Gasteiger partial charge in [0.05, 0.1) is 6.61 Å². The van der Waals surface area contributed by atoms with Crippen molar-refractivity contribution in [1.29, 1.82) is 0 Å². The first-order valence-electron chi connectivity index (χ1n) is 6.18. The van der Waals surface area contributed by atoms with Crippen LogP contribution in [0, 0.1) is 5.92 Å². The molecule has 2 aliphatic rings. The molecular weight excluding hydrogens is 188 g/mol. The highest BCUT2D eigenvalue weighted by atomic mass is 16.5. The zero-order chi connectivity index (χ0) is 10.9. The van der Waals surface area contributed by atoms with Gasteiger partial charge in [-0.15, -0.1) is 0 Å². The van der Waals surface area contributed by atoms with Gasteiger partial charge in [-0.05, 0) is 38.5 Å². The van der Waals surface area contributed by atoms with E-state index in [0.717, 1.165) is 31.7 Å². The average molecular weight is 212 g/mol. The Morgan fingerprint density at radius 1 is 1.33 bits per heavy atom. The van der Waals surface area contributed by atoms with E-state index in [1.807, 2.05) is 0 Å². The monoisotopic (exact) mass is 212 g/mol. The Bertz CT molecular complexity index is 214. The number of nitrogens with zero attached hydrogens (tertiary/aromatic N) is 1. The van der Waals surface area contributed by atoms with E-state index in [1.165, 1.54) is 25.7 Å². The van der Waals surface area contributed by atoms with E-state index in [4.69, 9.17) is 10.5 Å². The van der Waals surface area contributed by atoms with Gasteiger partial charge in [-0.3, -0.25) is 4.90 Å². The summed E-state index contributed by atoms with van der Waals surface area (Å²) in [6, 6.07) is 0.786. The van der Waals surface area contributed by atoms with Crippen LogP contribution in [0.25, 0.3) is 0 Å². The minimum atomic E-state index is 0.236. The van der Waals surface area contributed by atoms with Crippen LogP contribution in [0.3, 0.4) is 0 Å². The van der Waals surface area contributed by atoms with Gasteiger partial charge >= 0.3 is 0 Å². The molecule has 3 heteroatoms. The van der Waals surface area contributed by atoms with Gasteiger partial charge in [-0.2, -0.15) is 0 Å². The fraction of sp³-hybridized carbons (Fsp3) is 1.00. The van der Waals surface area contributed by atoms with E-state index in [2.05, 4.69) is 11.8 Å². The van der Waals surface area contributed by atoms with Crippen LogP contribution in [0.5, 0.6) is 0 Å². The lowest BCUT2D eigenvalue weighted by Gasteiger charge is -2.41. The number of hydrogen-bond donors (Lipinski definition) is 1. The standard InChI is InChI=1S/C12H24N2O/c1-12(9-13,10-3-4-10)14(7-8-15-2)11-5-6-11/h10-11H,3-9,13H2,1-2H3. The van der Waals surface area contributed by atoms with Crippen molar-refractivity contribution in [3.8, 4) is 0 Å². The third kappa shape index (κ3) is 2.35. The van der Waals surface area contributed by atoms with E-state index in [9.17, 15) is 0 Å². The Kier molecular flexibility index (Phi) is 3.33. The highest BCUT2D eigenvalue weighted by molar-refractivity contribution is 5.04. The van der Waals surface area contributed by atoms with Crippen molar-refractivity contribution in [3.05, 3.63) is 0 Å². The Morgan fingerprint density at radius 2 is 2.00 bits per heavy atom. The molecule has 88 valence electrons. The third-order valence-corrected chi connectivity index (χ3v) is 4.05. The molecular formula is C12H24N2O. The zero-order valence-electron chi connectivity index (χ0n) is 10.0. The van der Waals surface area contributed by atoms with Gasteiger partial charge in [0, 0.05) is 31.8 Å². The van der Waals surface area contributed by atoms with Gasteiger partial charge in [0.15, 0.2) is 0 Å². The number of nitrogens with two attached hydrogens (primary N) is 1. The maximum atomic E-state index is 6.00. The molecule has 0 aromatic carbocycles. The lowest BCUT2D eigenvalue weighted by atomic mass is 9.93. The first-order valence-corrected chi connectivity index (χ1v) is 6.18. The molecule has 0 bridgehead atoms. The van der Waals surface area contributed by atoms with E-state index in [1.54, 1.807) is 7.11 Å². The fourth-order valence-electron chi connectivity index (χ4n) is 2.65. The summed E-state index contributed by atoms with van der Waals surface area (Å²) in [5.74, 6) is 0.833. The quantitative estimate of drug-likeness (QED) is 0.689. The largest absolute Gasteiger partial charge is 0.383 e. The van der Waals surface area contributed by atoms with Crippen molar-refractivity contribution < 1.29 is 4.74 Å². The van der Waals surface area contributed by atoms with Crippen LogP contribution >= 0.6 is 0 Å². The summed E-state index contributed by atoms with van der Waals surface area (Å²) in [6.45, 7) is 5.01. The van der Waals surface area contributed by atoms with Crippen molar-refractivity contribution in [1.82, 2.24) is 4.90 Å². The summed E-state index contributed by atoms with van der Waals surface area (Å²) >= 11 is 0. The molecule has 2 aliphatic carbocycles. The summed E-state index contributed by atoms with van der Waals surface area (Å²) in [7, 11) is 1.78. The predicted octanol–water partition coefficient (Wildman–Crippen LogP) is 1.22. The first kappa shape index (κ1) is 11.4. The summed E-state index contributed by atoms with van der Waals surface area (Å²) in [5, 5.41) is 0. The molecule has 2 N–H and O–H groups in total. The molecule has 3 nitrogen and oxygen atoms in total. The minimum absolute atomic E-state index is 0.236. The molecule has 0 aliphatic heterocycles. The average Bonchev–Trinajstić information content (AvgIpc) is 3.06. The van der Waals surface area contributed by atoms with E-state index < -0.39 is 0 Å². The molecule has 0 amide bonds. The van der Waals surface area contributed by atoms with Gasteiger partial charge < -0.3 is 10.5 Å². The van der Waals surface area contributed by atoms with Gasteiger partial charge in [0.25, 0.3) is 0 Å². The normalized spacial score (nSPS) is 25.6. The van der Waals surface area contributed by atoms with Crippen LogP contribution in [0.2, 0.25) is 0 Å². The molecule has 0 radical (unpaired) electrons. The number of hydrogen-bond acceptors (Lipinski definition) is 3.